The summed E-state index contributed by atoms with van der Waals surface area (Å²) in [6, 6.07) is 3.70. The maximum Gasteiger partial charge on any atom is 0.310 e. The first-order valence-corrected chi connectivity index (χ1v) is 5.44. The van der Waals surface area contributed by atoms with Crippen LogP contribution in [0.1, 0.15) is 5.56 Å². The highest BCUT2D eigenvalue weighted by molar-refractivity contribution is 9.10. The van der Waals surface area contributed by atoms with Crippen molar-refractivity contribution in [3.05, 3.63) is 22.3 Å². The first-order chi connectivity index (χ1) is 7.61. The Bertz CT molecular complexity index is 477. The monoisotopic (exact) mass is 281 g/mol. The minimum atomic E-state index is -0.783. The van der Waals surface area contributed by atoms with Gasteiger partial charge in [0.15, 0.2) is 0 Å². The van der Waals surface area contributed by atoms with Gasteiger partial charge in [-0.3, -0.25) is 4.79 Å². The number of nitriles is 1. The Balaban J connectivity index is 2.13. The van der Waals surface area contributed by atoms with Crippen LogP contribution in [0.25, 0.3) is 0 Å². The first-order valence-electron chi connectivity index (χ1n) is 4.65. The molecule has 16 heavy (non-hydrogen) atoms. The zero-order valence-corrected chi connectivity index (χ0v) is 9.81. The number of carboxylic acids is 1. The van der Waals surface area contributed by atoms with E-state index in [2.05, 4.69) is 20.9 Å². The Labute approximate surface area is 100 Å². The Kier molecular flexibility index (Phi) is 2.79. The molecule has 2 heterocycles. The average Bonchev–Trinajstić information content (AvgIpc) is 2.17. The molecule has 82 valence electrons. The average molecular weight is 282 g/mol. The molecule has 0 amide bonds. The van der Waals surface area contributed by atoms with Gasteiger partial charge in [-0.2, -0.15) is 5.26 Å². The summed E-state index contributed by atoms with van der Waals surface area (Å²) in [5, 5.41) is 17.6. The molecule has 1 aliphatic heterocycles. The van der Waals surface area contributed by atoms with Gasteiger partial charge in [-0.1, -0.05) is 0 Å². The molecule has 0 aliphatic carbocycles. The molecule has 1 aliphatic rings. The number of aromatic nitrogens is 1. The summed E-state index contributed by atoms with van der Waals surface area (Å²) in [6.07, 6.45) is 1.56. The molecule has 5 nitrogen and oxygen atoms in total. The van der Waals surface area contributed by atoms with Gasteiger partial charge in [0.25, 0.3) is 0 Å². The maximum atomic E-state index is 10.6. The lowest BCUT2D eigenvalue weighted by molar-refractivity contribution is -0.142. The van der Waals surface area contributed by atoms with Crippen LogP contribution in [0.15, 0.2) is 16.7 Å². The maximum absolute atomic E-state index is 10.6. The van der Waals surface area contributed by atoms with Crippen LogP contribution in [0, 0.1) is 17.2 Å². The second kappa shape index (κ2) is 4.10. The van der Waals surface area contributed by atoms with E-state index in [0.29, 0.717) is 28.9 Å². The highest BCUT2D eigenvalue weighted by Gasteiger charge is 2.33. The topological polar surface area (TPSA) is 77.2 Å². The van der Waals surface area contributed by atoms with Crippen LogP contribution in [0.4, 0.5) is 5.82 Å². The third-order valence-corrected chi connectivity index (χ3v) is 3.15. The molecule has 0 radical (unpaired) electrons. The summed E-state index contributed by atoms with van der Waals surface area (Å²) in [6.45, 7) is 0.906. The molecule has 1 aromatic heterocycles. The Hall–Kier alpha value is -1.61. The summed E-state index contributed by atoms with van der Waals surface area (Å²) < 4.78 is 0.647. The summed E-state index contributed by atoms with van der Waals surface area (Å²) in [5.74, 6) is -0.456. The van der Waals surface area contributed by atoms with Crippen LogP contribution in [0.3, 0.4) is 0 Å². The van der Waals surface area contributed by atoms with Crippen LogP contribution in [0.5, 0.6) is 0 Å². The third kappa shape index (κ3) is 1.86. The van der Waals surface area contributed by atoms with Gasteiger partial charge in [-0.25, -0.2) is 4.98 Å². The van der Waals surface area contributed by atoms with E-state index < -0.39 is 5.97 Å². The molecule has 1 saturated heterocycles. The molecule has 0 aromatic carbocycles. The number of nitrogens with zero attached hydrogens (tertiary/aromatic N) is 3. The van der Waals surface area contributed by atoms with E-state index in [-0.39, 0.29) is 5.92 Å². The SMILES string of the molecule is N#Cc1cc(N2CC(C(=O)O)C2)ncc1Br. The van der Waals surface area contributed by atoms with Crippen molar-refractivity contribution in [2.24, 2.45) is 5.92 Å². The van der Waals surface area contributed by atoms with Crippen LogP contribution >= 0.6 is 15.9 Å². The lowest BCUT2D eigenvalue weighted by Gasteiger charge is -2.37. The predicted molar refractivity (Wildman–Crippen MR) is 60.0 cm³/mol. The fraction of sp³-hybridized carbons (Fsp3) is 0.300. The first kappa shape index (κ1) is 10.9. The van der Waals surface area contributed by atoms with Crippen LogP contribution < -0.4 is 4.90 Å². The summed E-state index contributed by atoms with van der Waals surface area (Å²) >= 11 is 3.22. The second-order valence-corrected chi connectivity index (χ2v) is 4.43. The highest BCUT2D eigenvalue weighted by atomic mass is 79.9. The highest BCUT2D eigenvalue weighted by Crippen LogP contribution is 2.26. The van der Waals surface area contributed by atoms with Crippen molar-refractivity contribution in [1.29, 1.82) is 5.26 Å². The van der Waals surface area contributed by atoms with E-state index in [1.807, 2.05) is 11.0 Å². The predicted octanol–water partition coefficient (Wildman–Crippen LogP) is 1.24. The van der Waals surface area contributed by atoms with Gasteiger partial charge in [0.2, 0.25) is 0 Å². The fourth-order valence-electron chi connectivity index (χ4n) is 1.51. The fourth-order valence-corrected chi connectivity index (χ4v) is 1.81. The minimum absolute atomic E-state index is 0.323. The molecule has 0 saturated carbocycles. The molecular weight excluding hydrogens is 274 g/mol. The van der Waals surface area contributed by atoms with Gasteiger partial charge in [-0.05, 0) is 22.0 Å². The molecule has 1 fully saturated rings. The number of rotatable bonds is 2. The number of aliphatic carboxylic acids is 1. The van der Waals surface area contributed by atoms with Gasteiger partial charge in [0, 0.05) is 19.3 Å². The van der Waals surface area contributed by atoms with Crippen molar-refractivity contribution in [2.45, 2.75) is 0 Å². The van der Waals surface area contributed by atoms with E-state index in [9.17, 15) is 4.79 Å². The second-order valence-electron chi connectivity index (χ2n) is 3.57. The van der Waals surface area contributed by atoms with Gasteiger partial charge >= 0.3 is 5.97 Å². The number of carboxylic acid groups (broad SMARTS) is 1. The zero-order chi connectivity index (χ0) is 11.7. The number of hydrogen-bond acceptors (Lipinski definition) is 4. The zero-order valence-electron chi connectivity index (χ0n) is 8.22. The normalized spacial score (nSPS) is 15.4. The van der Waals surface area contributed by atoms with Crippen LogP contribution in [-0.2, 0) is 4.79 Å². The van der Waals surface area contributed by atoms with Crippen molar-refractivity contribution in [3.8, 4) is 6.07 Å². The molecule has 0 bridgehead atoms. The molecule has 1 N–H and O–H groups in total. The number of hydrogen-bond donors (Lipinski definition) is 1. The Morgan fingerprint density at radius 1 is 1.69 bits per heavy atom. The molecule has 6 heteroatoms. The van der Waals surface area contributed by atoms with Crippen molar-refractivity contribution < 1.29 is 9.90 Å². The molecule has 0 spiro atoms. The van der Waals surface area contributed by atoms with E-state index in [1.165, 1.54) is 0 Å². The number of anilines is 1. The van der Waals surface area contributed by atoms with Crippen molar-refractivity contribution in [3.63, 3.8) is 0 Å². The van der Waals surface area contributed by atoms with Crippen molar-refractivity contribution in [2.75, 3.05) is 18.0 Å². The van der Waals surface area contributed by atoms with Gasteiger partial charge in [0.1, 0.15) is 11.9 Å². The standard InChI is InChI=1S/C10H8BrN3O2/c11-8-3-13-9(1-6(8)2-12)14-4-7(5-14)10(15)16/h1,3,7H,4-5H2,(H,15,16). The lowest BCUT2D eigenvalue weighted by atomic mass is 10.0. The van der Waals surface area contributed by atoms with E-state index in [1.54, 1.807) is 12.3 Å². The number of halogens is 1. The van der Waals surface area contributed by atoms with Crippen LogP contribution in [0.2, 0.25) is 0 Å². The third-order valence-electron chi connectivity index (χ3n) is 2.52. The summed E-state index contributed by atoms with van der Waals surface area (Å²) in [4.78, 5) is 16.6. The quantitative estimate of drug-likeness (QED) is 0.883. The number of carbonyl (C=O) groups is 1. The van der Waals surface area contributed by atoms with Gasteiger partial charge < -0.3 is 10.0 Å². The van der Waals surface area contributed by atoms with Crippen molar-refractivity contribution >= 4 is 27.7 Å². The summed E-state index contributed by atoms with van der Waals surface area (Å²) in [7, 11) is 0. The Morgan fingerprint density at radius 2 is 2.38 bits per heavy atom. The van der Waals surface area contributed by atoms with Gasteiger partial charge in [-0.15, -0.1) is 0 Å². The van der Waals surface area contributed by atoms with E-state index in [0.717, 1.165) is 0 Å². The summed E-state index contributed by atoms with van der Waals surface area (Å²) in [5.41, 5.74) is 0.503. The smallest absolute Gasteiger partial charge is 0.310 e. The lowest BCUT2D eigenvalue weighted by Crippen LogP contribution is -2.50. The van der Waals surface area contributed by atoms with Crippen molar-refractivity contribution in [1.82, 2.24) is 4.98 Å². The molecular formula is C10H8BrN3O2. The molecule has 1 aromatic rings. The van der Waals surface area contributed by atoms with E-state index in [4.69, 9.17) is 10.4 Å². The molecule has 0 atom stereocenters. The number of pyridine rings is 1. The molecule has 0 unspecified atom stereocenters. The van der Waals surface area contributed by atoms with Crippen LogP contribution in [-0.4, -0.2) is 29.1 Å². The van der Waals surface area contributed by atoms with E-state index >= 15 is 0 Å². The Morgan fingerprint density at radius 3 is 2.94 bits per heavy atom. The largest absolute Gasteiger partial charge is 0.481 e. The van der Waals surface area contributed by atoms with Gasteiger partial charge in [0.05, 0.1) is 16.0 Å². The molecule has 2 rings (SSSR count). The minimum Gasteiger partial charge on any atom is -0.481 e.